The monoisotopic (exact) mass is 350 g/mol. The molecule has 0 radical (unpaired) electrons. The molecule has 0 fully saturated rings. The number of likely N-dealkylation sites (N-methyl/N-ethyl adjacent to an activating group) is 1. The lowest BCUT2D eigenvalue weighted by Gasteiger charge is -2.14. The molecule has 25 heavy (non-hydrogen) atoms. The number of fused-ring (bicyclic) bond motifs is 1. The molecule has 0 aliphatic carbocycles. The van der Waals surface area contributed by atoms with E-state index in [1.165, 1.54) is 12.1 Å². The highest BCUT2D eigenvalue weighted by Crippen LogP contribution is 2.39. The molecule has 0 unspecified atom stereocenters. The van der Waals surface area contributed by atoms with Crippen LogP contribution in [0.25, 0.3) is 11.1 Å². The van der Waals surface area contributed by atoms with Crippen molar-refractivity contribution >= 4 is 6.21 Å². The number of aliphatic imine (C=N–C) groups is 1. The van der Waals surface area contributed by atoms with Gasteiger partial charge in [-0.15, -0.1) is 0 Å². The molecule has 3 rings (SSSR count). The standard InChI is InChI=1S/C18H21F3N4/c1-11-17(12(2)25(23-11)6-5-24(3)4)15-8-14(18(19,20)21)7-13-9-22-10-16(13)15/h7-8,10H,5-6,9H2,1-4H3. The van der Waals surface area contributed by atoms with Crippen LogP contribution in [0.4, 0.5) is 13.2 Å². The van der Waals surface area contributed by atoms with Crippen molar-refractivity contribution in [2.24, 2.45) is 4.99 Å². The van der Waals surface area contributed by atoms with Crippen LogP contribution < -0.4 is 0 Å². The lowest BCUT2D eigenvalue weighted by molar-refractivity contribution is -0.137. The Morgan fingerprint density at radius 1 is 1.20 bits per heavy atom. The van der Waals surface area contributed by atoms with Crippen molar-refractivity contribution in [1.29, 1.82) is 0 Å². The van der Waals surface area contributed by atoms with Gasteiger partial charge < -0.3 is 4.90 Å². The molecule has 0 spiro atoms. The van der Waals surface area contributed by atoms with Crippen molar-refractivity contribution in [3.63, 3.8) is 0 Å². The van der Waals surface area contributed by atoms with Crippen molar-refractivity contribution in [3.05, 3.63) is 40.2 Å². The maximum atomic E-state index is 13.3. The number of nitrogens with zero attached hydrogens (tertiary/aromatic N) is 4. The van der Waals surface area contributed by atoms with Gasteiger partial charge in [-0.05, 0) is 51.2 Å². The fraction of sp³-hybridized carbons (Fsp3) is 0.444. The predicted octanol–water partition coefficient (Wildman–Crippen LogP) is 3.68. The molecule has 2 heterocycles. The molecule has 0 bridgehead atoms. The van der Waals surface area contributed by atoms with Crippen LogP contribution >= 0.6 is 0 Å². The maximum Gasteiger partial charge on any atom is 0.416 e. The summed E-state index contributed by atoms with van der Waals surface area (Å²) in [5.74, 6) is 0. The number of halogens is 3. The average Bonchev–Trinajstić information content (AvgIpc) is 3.08. The average molecular weight is 350 g/mol. The first-order valence-corrected chi connectivity index (χ1v) is 8.11. The van der Waals surface area contributed by atoms with Gasteiger partial charge in [0.25, 0.3) is 0 Å². The molecule has 0 amide bonds. The van der Waals surface area contributed by atoms with Crippen molar-refractivity contribution in [3.8, 4) is 11.1 Å². The number of alkyl halides is 3. The number of hydrogen-bond donors (Lipinski definition) is 0. The Hall–Kier alpha value is -2.15. The molecule has 0 saturated carbocycles. The van der Waals surface area contributed by atoms with Gasteiger partial charge in [-0.1, -0.05) is 0 Å². The van der Waals surface area contributed by atoms with Crippen LogP contribution in [0.3, 0.4) is 0 Å². The molecular weight excluding hydrogens is 329 g/mol. The van der Waals surface area contributed by atoms with E-state index in [-0.39, 0.29) is 0 Å². The fourth-order valence-electron chi connectivity index (χ4n) is 3.20. The predicted molar refractivity (Wildman–Crippen MR) is 92.0 cm³/mol. The molecule has 1 aromatic heterocycles. The van der Waals surface area contributed by atoms with E-state index in [4.69, 9.17) is 0 Å². The molecule has 4 nitrogen and oxygen atoms in total. The second kappa shape index (κ2) is 6.29. The summed E-state index contributed by atoms with van der Waals surface area (Å²) in [7, 11) is 3.95. The van der Waals surface area contributed by atoms with Gasteiger partial charge in [-0.3, -0.25) is 9.67 Å². The molecule has 0 atom stereocenters. The Labute approximate surface area is 145 Å². The summed E-state index contributed by atoms with van der Waals surface area (Å²) in [6, 6.07) is 2.43. The summed E-state index contributed by atoms with van der Waals surface area (Å²) in [5, 5.41) is 4.54. The summed E-state index contributed by atoms with van der Waals surface area (Å²) < 4.78 is 41.8. The summed E-state index contributed by atoms with van der Waals surface area (Å²) >= 11 is 0. The lowest BCUT2D eigenvalue weighted by Crippen LogP contribution is -2.19. The Morgan fingerprint density at radius 3 is 2.56 bits per heavy atom. The Bertz CT molecular complexity index is 832. The van der Waals surface area contributed by atoms with Gasteiger partial charge in [0.15, 0.2) is 0 Å². The number of hydrogen-bond acceptors (Lipinski definition) is 3. The van der Waals surface area contributed by atoms with Gasteiger partial charge in [-0.25, -0.2) is 0 Å². The van der Waals surface area contributed by atoms with Gasteiger partial charge in [0.1, 0.15) is 0 Å². The van der Waals surface area contributed by atoms with E-state index < -0.39 is 11.7 Å². The molecular formula is C18H21F3N4. The highest BCUT2D eigenvalue weighted by atomic mass is 19.4. The van der Waals surface area contributed by atoms with Crippen molar-refractivity contribution in [2.75, 3.05) is 20.6 Å². The van der Waals surface area contributed by atoms with Crippen LogP contribution in [-0.4, -0.2) is 41.5 Å². The third-order valence-electron chi connectivity index (χ3n) is 4.48. The van der Waals surface area contributed by atoms with Gasteiger partial charge >= 0.3 is 6.18 Å². The highest BCUT2D eigenvalue weighted by molar-refractivity contribution is 5.95. The maximum absolute atomic E-state index is 13.3. The topological polar surface area (TPSA) is 33.4 Å². The van der Waals surface area contributed by atoms with Crippen LogP contribution in [0.5, 0.6) is 0 Å². The van der Waals surface area contributed by atoms with E-state index in [1.807, 2.05) is 37.5 Å². The SMILES string of the molecule is Cc1nn(CCN(C)C)c(C)c1-c1cc(C(F)(F)F)cc2c1C=NC2. The van der Waals surface area contributed by atoms with Crippen LogP contribution in [-0.2, 0) is 19.3 Å². The molecule has 2 aromatic rings. The molecule has 1 aliphatic rings. The molecule has 1 aliphatic heterocycles. The largest absolute Gasteiger partial charge is 0.416 e. The number of benzene rings is 1. The van der Waals surface area contributed by atoms with Crippen molar-refractivity contribution < 1.29 is 13.2 Å². The van der Waals surface area contributed by atoms with E-state index in [1.54, 1.807) is 6.21 Å². The van der Waals surface area contributed by atoms with Crippen LogP contribution in [0.2, 0.25) is 0 Å². The van der Waals surface area contributed by atoms with Gasteiger partial charge in [0.2, 0.25) is 0 Å². The lowest BCUT2D eigenvalue weighted by atomic mass is 9.93. The highest BCUT2D eigenvalue weighted by Gasteiger charge is 2.33. The van der Waals surface area contributed by atoms with E-state index in [9.17, 15) is 13.2 Å². The minimum atomic E-state index is -4.38. The van der Waals surface area contributed by atoms with Crippen LogP contribution in [0, 0.1) is 13.8 Å². The third kappa shape index (κ3) is 3.33. The first-order chi connectivity index (χ1) is 11.7. The Morgan fingerprint density at radius 2 is 1.92 bits per heavy atom. The second-order valence-electron chi connectivity index (χ2n) is 6.64. The smallest absolute Gasteiger partial charge is 0.308 e. The zero-order valence-corrected chi connectivity index (χ0v) is 14.8. The van der Waals surface area contributed by atoms with E-state index in [0.717, 1.165) is 29.1 Å². The zero-order valence-electron chi connectivity index (χ0n) is 14.8. The van der Waals surface area contributed by atoms with E-state index in [2.05, 4.69) is 10.1 Å². The Kier molecular flexibility index (Phi) is 4.45. The summed E-state index contributed by atoms with van der Waals surface area (Å²) in [6.07, 6.45) is -2.71. The van der Waals surface area contributed by atoms with Gasteiger partial charge in [0, 0.05) is 29.6 Å². The minimum Gasteiger partial charge on any atom is -0.308 e. The molecule has 134 valence electrons. The fourth-order valence-corrected chi connectivity index (χ4v) is 3.20. The van der Waals surface area contributed by atoms with Crippen molar-refractivity contribution in [2.45, 2.75) is 33.1 Å². The quantitative estimate of drug-likeness (QED) is 0.843. The van der Waals surface area contributed by atoms with E-state index >= 15 is 0 Å². The molecule has 0 saturated heterocycles. The van der Waals surface area contributed by atoms with Crippen LogP contribution in [0.1, 0.15) is 28.1 Å². The zero-order chi connectivity index (χ0) is 18.4. The number of rotatable bonds is 4. The second-order valence-corrected chi connectivity index (χ2v) is 6.64. The Balaban J connectivity index is 2.14. The first-order valence-electron chi connectivity index (χ1n) is 8.11. The normalized spacial score (nSPS) is 13.8. The van der Waals surface area contributed by atoms with E-state index in [0.29, 0.717) is 24.2 Å². The van der Waals surface area contributed by atoms with Crippen LogP contribution in [0.15, 0.2) is 17.1 Å². The summed E-state index contributed by atoms with van der Waals surface area (Å²) in [6.45, 7) is 5.54. The molecule has 7 heteroatoms. The van der Waals surface area contributed by atoms with Gasteiger partial charge in [-0.2, -0.15) is 18.3 Å². The third-order valence-corrected chi connectivity index (χ3v) is 4.48. The number of aryl methyl sites for hydroxylation is 1. The number of aromatic nitrogens is 2. The summed E-state index contributed by atoms with van der Waals surface area (Å²) in [5.41, 5.74) is 3.70. The van der Waals surface area contributed by atoms with Crippen molar-refractivity contribution in [1.82, 2.24) is 14.7 Å². The molecule has 0 N–H and O–H groups in total. The summed E-state index contributed by atoms with van der Waals surface area (Å²) in [4.78, 5) is 6.21. The molecule has 1 aromatic carbocycles. The van der Waals surface area contributed by atoms with Gasteiger partial charge in [0.05, 0.1) is 24.3 Å². The first kappa shape index (κ1) is 17.7. The minimum absolute atomic E-state index is 0.291.